The summed E-state index contributed by atoms with van der Waals surface area (Å²) in [5.74, 6) is -0.967. The lowest BCUT2D eigenvalue weighted by Gasteiger charge is -2.28. The minimum absolute atomic E-state index is 0.280. The quantitative estimate of drug-likeness (QED) is 0.0442. The lowest BCUT2D eigenvalue weighted by Crippen LogP contribution is -2.64. The SMILES string of the molecule is CCCCCCCCCCN(CCCCCCCCCC)CCCCNC(=O)OC[C@@H]1NC(=O)[C@H](COC(=O)NCCCCN(CCCCCCCCCC)CCCCCCCCCC)NC1=O. The number of piperazine rings is 1. The third kappa shape index (κ3) is 39.2. The maximum atomic E-state index is 12.8. The molecular formula is C56H110N6O6. The number of ether oxygens (including phenoxy) is 2. The van der Waals surface area contributed by atoms with Crippen LogP contribution in [0.5, 0.6) is 0 Å². The van der Waals surface area contributed by atoms with Crippen LogP contribution in [0.15, 0.2) is 0 Å². The number of carbonyl (C=O) groups excluding carboxylic acids is 4. The smallest absolute Gasteiger partial charge is 0.407 e. The maximum Gasteiger partial charge on any atom is 0.407 e. The summed E-state index contributed by atoms with van der Waals surface area (Å²) in [4.78, 5) is 55.8. The van der Waals surface area contributed by atoms with Crippen LogP contribution in [0.2, 0.25) is 0 Å². The zero-order valence-electron chi connectivity index (χ0n) is 45.0. The van der Waals surface area contributed by atoms with E-state index in [1.54, 1.807) is 0 Å². The standard InChI is InChI=1S/C56H110N6O6/c1-5-9-13-17-21-25-29-35-43-61(44-36-30-26-22-18-14-10-6-2)47-39-33-41-57-55(65)67-49-51-53(63)60-52(54(64)59-51)50-68-56(66)58-42-34-40-48-62(45-37-31-27-23-19-15-11-7-3)46-38-32-28-24-20-16-12-8-4/h51-52H,5-50H2,1-4H3,(H,57,65)(H,58,66)(H,59,64)(H,60,63)/t51-,52-/m0/s1. The molecule has 0 aromatic heterocycles. The zero-order valence-corrected chi connectivity index (χ0v) is 45.0. The van der Waals surface area contributed by atoms with Crippen LogP contribution < -0.4 is 21.3 Å². The Morgan fingerprint density at radius 1 is 0.368 bits per heavy atom. The summed E-state index contributed by atoms with van der Waals surface area (Å²) in [7, 11) is 0. The fourth-order valence-electron chi connectivity index (χ4n) is 9.18. The van der Waals surface area contributed by atoms with Crippen molar-refractivity contribution in [3.63, 3.8) is 0 Å². The summed E-state index contributed by atoms with van der Waals surface area (Å²) in [6.45, 7) is 16.1. The van der Waals surface area contributed by atoms with Crippen molar-refractivity contribution in [3.05, 3.63) is 0 Å². The van der Waals surface area contributed by atoms with Gasteiger partial charge in [0.15, 0.2) is 0 Å². The van der Waals surface area contributed by atoms with E-state index in [1.807, 2.05) is 0 Å². The van der Waals surface area contributed by atoms with Gasteiger partial charge in [-0.1, -0.05) is 207 Å². The Morgan fingerprint density at radius 2 is 0.588 bits per heavy atom. The Bertz CT molecular complexity index is 1050. The fourth-order valence-corrected chi connectivity index (χ4v) is 9.18. The molecule has 400 valence electrons. The molecule has 1 aliphatic heterocycles. The molecule has 1 aliphatic rings. The van der Waals surface area contributed by atoms with E-state index in [2.05, 4.69) is 58.8 Å². The van der Waals surface area contributed by atoms with E-state index in [4.69, 9.17) is 9.47 Å². The largest absolute Gasteiger partial charge is 0.447 e. The first-order valence-corrected chi connectivity index (χ1v) is 29.2. The van der Waals surface area contributed by atoms with Crippen LogP contribution >= 0.6 is 0 Å². The molecule has 0 unspecified atom stereocenters. The molecule has 1 saturated heterocycles. The topological polar surface area (TPSA) is 141 Å². The number of nitrogens with zero attached hydrogens (tertiary/aromatic N) is 2. The molecule has 0 saturated carbocycles. The van der Waals surface area contributed by atoms with Crippen LogP contribution in [0.4, 0.5) is 9.59 Å². The number of unbranched alkanes of at least 4 members (excludes halogenated alkanes) is 30. The van der Waals surface area contributed by atoms with E-state index in [0.29, 0.717) is 13.1 Å². The number of nitrogens with one attached hydrogen (secondary N) is 4. The van der Waals surface area contributed by atoms with Gasteiger partial charge in [-0.05, 0) is 90.6 Å². The van der Waals surface area contributed by atoms with E-state index < -0.39 is 36.1 Å². The van der Waals surface area contributed by atoms with Crippen molar-refractivity contribution in [1.82, 2.24) is 31.1 Å². The molecule has 4 N–H and O–H groups in total. The molecule has 0 aromatic carbocycles. The summed E-state index contributed by atoms with van der Waals surface area (Å²) < 4.78 is 10.6. The lowest BCUT2D eigenvalue weighted by atomic mass is 10.1. The van der Waals surface area contributed by atoms with Gasteiger partial charge in [0.1, 0.15) is 25.3 Å². The molecule has 1 rings (SSSR count). The average molecular weight is 964 g/mol. The number of hydrogen-bond donors (Lipinski definition) is 4. The highest BCUT2D eigenvalue weighted by Gasteiger charge is 2.35. The Balaban J connectivity index is 2.31. The molecule has 0 bridgehead atoms. The average Bonchev–Trinajstić information content (AvgIpc) is 3.33. The molecule has 0 spiro atoms. The second kappa shape index (κ2) is 48.0. The molecule has 12 heteroatoms. The van der Waals surface area contributed by atoms with Crippen LogP contribution in [0.1, 0.15) is 259 Å². The van der Waals surface area contributed by atoms with Crippen LogP contribution in [0.3, 0.4) is 0 Å². The van der Waals surface area contributed by atoms with Gasteiger partial charge < -0.3 is 40.5 Å². The molecule has 4 amide bonds. The van der Waals surface area contributed by atoms with E-state index in [0.717, 1.165) is 65.0 Å². The number of carbonyl (C=O) groups is 4. The van der Waals surface area contributed by atoms with Gasteiger partial charge in [-0.3, -0.25) is 9.59 Å². The lowest BCUT2D eigenvalue weighted by molar-refractivity contribution is -0.138. The number of amides is 4. The first kappa shape index (κ1) is 63.4. The molecule has 1 heterocycles. The first-order valence-electron chi connectivity index (χ1n) is 29.2. The van der Waals surface area contributed by atoms with Crippen LogP contribution in [-0.4, -0.2) is 111 Å². The van der Waals surface area contributed by atoms with Gasteiger partial charge in [0.25, 0.3) is 0 Å². The molecule has 1 fully saturated rings. The van der Waals surface area contributed by atoms with Crippen molar-refractivity contribution in [1.29, 1.82) is 0 Å². The van der Waals surface area contributed by atoms with E-state index >= 15 is 0 Å². The molecule has 68 heavy (non-hydrogen) atoms. The van der Waals surface area contributed by atoms with Crippen molar-refractivity contribution in [2.45, 2.75) is 271 Å². The van der Waals surface area contributed by atoms with Crippen molar-refractivity contribution in [2.24, 2.45) is 0 Å². The number of hydrogen-bond acceptors (Lipinski definition) is 8. The van der Waals surface area contributed by atoms with Gasteiger partial charge in [0.05, 0.1) is 0 Å². The van der Waals surface area contributed by atoms with Gasteiger partial charge in [-0.15, -0.1) is 0 Å². The maximum absolute atomic E-state index is 12.8. The predicted molar refractivity (Wildman–Crippen MR) is 284 cm³/mol. The third-order valence-electron chi connectivity index (χ3n) is 13.7. The van der Waals surface area contributed by atoms with Crippen LogP contribution in [0, 0.1) is 0 Å². The third-order valence-corrected chi connectivity index (χ3v) is 13.7. The summed E-state index contributed by atoms with van der Waals surface area (Å²) >= 11 is 0. The van der Waals surface area contributed by atoms with Crippen molar-refractivity contribution < 1.29 is 28.7 Å². The highest BCUT2D eigenvalue weighted by atomic mass is 16.6. The zero-order chi connectivity index (χ0) is 49.4. The second-order valence-corrected chi connectivity index (χ2v) is 20.2. The summed E-state index contributed by atoms with van der Waals surface area (Å²) in [5, 5.41) is 10.8. The molecule has 12 nitrogen and oxygen atoms in total. The fraction of sp³-hybridized carbons (Fsp3) is 0.929. The van der Waals surface area contributed by atoms with Gasteiger partial charge in [-0.2, -0.15) is 0 Å². The van der Waals surface area contributed by atoms with E-state index in [1.165, 1.54) is 205 Å². The highest BCUT2D eigenvalue weighted by molar-refractivity contribution is 5.97. The monoisotopic (exact) mass is 963 g/mol. The molecule has 0 radical (unpaired) electrons. The molecule has 0 aromatic rings. The number of rotatable bonds is 50. The summed E-state index contributed by atoms with van der Waals surface area (Å²) in [6, 6.07) is -2.02. The Hall–Kier alpha value is -2.60. The molecule has 2 atom stereocenters. The van der Waals surface area contributed by atoms with E-state index in [9.17, 15) is 19.2 Å². The number of alkyl carbamates (subject to hydrolysis) is 2. The van der Waals surface area contributed by atoms with Crippen molar-refractivity contribution >= 4 is 24.0 Å². The van der Waals surface area contributed by atoms with E-state index in [-0.39, 0.29) is 13.2 Å². The first-order chi connectivity index (χ1) is 33.3. The molecule has 0 aliphatic carbocycles. The van der Waals surface area contributed by atoms with Gasteiger partial charge in [0.2, 0.25) is 11.8 Å². The second-order valence-electron chi connectivity index (χ2n) is 20.2. The predicted octanol–water partition coefficient (Wildman–Crippen LogP) is 13.1. The van der Waals surface area contributed by atoms with Crippen molar-refractivity contribution in [2.75, 3.05) is 65.6 Å². The van der Waals surface area contributed by atoms with Gasteiger partial charge in [-0.25, -0.2) is 9.59 Å². The summed E-state index contributed by atoms with van der Waals surface area (Å²) in [5.41, 5.74) is 0. The Labute approximate surface area is 418 Å². The van der Waals surface area contributed by atoms with Crippen molar-refractivity contribution in [3.8, 4) is 0 Å². The van der Waals surface area contributed by atoms with Gasteiger partial charge in [0, 0.05) is 13.1 Å². The molecular weight excluding hydrogens is 853 g/mol. The van der Waals surface area contributed by atoms with Crippen LogP contribution in [-0.2, 0) is 19.1 Å². The Morgan fingerprint density at radius 3 is 0.838 bits per heavy atom. The van der Waals surface area contributed by atoms with Crippen LogP contribution in [0.25, 0.3) is 0 Å². The minimum atomic E-state index is -1.01. The van der Waals surface area contributed by atoms with Gasteiger partial charge >= 0.3 is 12.2 Å². The normalized spacial score (nSPS) is 14.9. The highest BCUT2D eigenvalue weighted by Crippen LogP contribution is 2.14. The minimum Gasteiger partial charge on any atom is -0.447 e. The summed E-state index contributed by atoms with van der Waals surface area (Å²) in [6.07, 6.45) is 44.9. The Kier molecular flexibility index (Phi) is 44.8.